The minimum absolute atomic E-state index is 0.291. The van der Waals surface area contributed by atoms with Crippen molar-refractivity contribution in [3.05, 3.63) is 66.0 Å². The molecule has 0 atom stereocenters. The Labute approximate surface area is 127 Å². The number of hydrogen-bond acceptors (Lipinski definition) is 3. The van der Waals surface area contributed by atoms with Gasteiger partial charge in [-0.25, -0.2) is 5.43 Å². The molecule has 3 rings (SSSR count). The molecule has 0 unspecified atom stereocenters. The molecule has 0 spiro atoms. The topological polar surface area (TPSA) is 66.5 Å². The van der Waals surface area contributed by atoms with Gasteiger partial charge in [-0.2, -0.15) is 5.10 Å². The summed E-state index contributed by atoms with van der Waals surface area (Å²) < 4.78 is 5.37. The molecule has 0 saturated heterocycles. The predicted molar refractivity (Wildman–Crippen MR) is 86.4 cm³/mol. The maximum atomic E-state index is 11.8. The standard InChI is InChI=1S/C17H15N3O2/c1-22-16-9-8-12-5-2-3-6-13(12)14(16)11-19-20-17(21)15-7-4-10-18-15/h2-11,18H,1H3,(H,20,21)/b19-11-. The van der Waals surface area contributed by atoms with Gasteiger partial charge in [0, 0.05) is 11.8 Å². The molecule has 1 amide bonds. The lowest BCUT2D eigenvalue weighted by Crippen LogP contribution is -2.17. The molecule has 0 aliphatic carbocycles. The zero-order valence-corrected chi connectivity index (χ0v) is 12.0. The van der Waals surface area contributed by atoms with Gasteiger partial charge in [-0.3, -0.25) is 4.79 Å². The Morgan fingerprint density at radius 3 is 2.82 bits per heavy atom. The second kappa shape index (κ2) is 6.13. The number of aromatic nitrogens is 1. The summed E-state index contributed by atoms with van der Waals surface area (Å²) in [6.45, 7) is 0. The molecule has 0 fully saturated rings. The van der Waals surface area contributed by atoms with Crippen LogP contribution in [-0.2, 0) is 0 Å². The first kappa shape index (κ1) is 13.9. The SMILES string of the molecule is COc1ccc2ccccc2c1/C=N\NC(=O)c1ccc[nH]1. The molecule has 5 heteroatoms. The first-order chi connectivity index (χ1) is 10.8. The third kappa shape index (κ3) is 2.69. The molecular formula is C17H15N3O2. The Balaban J connectivity index is 1.89. The van der Waals surface area contributed by atoms with Crippen molar-refractivity contribution >= 4 is 22.9 Å². The Bertz CT molecular complexity index is 823. The monoisotopic (exact) mass is 293 g/mol. The number of fused-ring (bicyclic) bond motifs is 1. The largest absolute Gasteiger partial charge is 0.496 e. The van der Waals surface area contributed by atoms with Crippen molar-refractivity contribution in [3.63, 3.8) is 0 Å². The van der Waals surface area contributed by atoms with Gasteiger partial charge in [-0.15, -0.1) is 0 Å². The quantitative estimate of drug-likeness (QED) is 0.573. The Morgan fingerprint density at radius 2 is 2.05 bits per heavy atom. The number of rotatable bonds is 4. The number of nitrogens with one attached hydrogen (secondary N) is 2. The second-order valence-corrected chi connectivity index (χ2v) is 4.69. The van der Waals surface area contributed by atoms with E-state index in [-0.39, 0.29) is 5.91 Å². The third-order valence-corrected chi connectivity index (χ3v) is 3.35. The van der Waals surface area contributed by atoms with Gasteiger partial charge < -0.3 is 9.72 Å². The third-order valence-electron chi connectivity index (χ3n) is 3.35. The summed E-state index contributed by atoms with van der Waals surface area (Å²) in [5.41, 5.74) is 3.78. The zero-order chi connectivity index (χ0) is 15.4. The highest BCUT2D eigenvalue weighted by atomic mass is 16.5. The maximum absolute atomic E-state index is 11.8. The maximum Gasteiger partial charge on any atom is 0.287 e. The Hall–Kier alpha value is -3.08. The van der Waals surface area contributed by atoms with Crippen molar-refractivity contribution in [2.75, 3.05) is 7.11 Å². The fourth-order valence-corrected chi connectivity index (χ4v) is 2.27. The van der Waals surface area contributed by atoms with Crippen LogP contribution in [0.1, 0.15) is 16.1 Å². The van der Waals surface area contributed by atoms with E-state index in [0.717, 1.165) is 16.3 Å². The van der Waals surface area contributed by atoms with E-state index in [1.807, 2.05) is 36.4 Å². The van der Waals surface area contributed by atoms with E-state index in [0.29, 0.717) is 11.4 Å². The Kier molecular flexibility index (Phi) is 3.87. The van der Waals surface area contributed by atoms with Gasteiger partial charge in [0.15, 0.2) is 0 Å². The number of hydrogen-bond donors (Lipinski definition) is 2. The summed E-state index contributed by atoms with van der Waals surface area (Å²) in [7, 11) is 1.61. The van der Waals surface area contributed by atoms with Gasteiger partial charge in [0.05, 0.1) is 13.3 Å². The van der Waals surface area contributed by atoms with Crippen LogP contribution in [0.5, 0.6) is 5.75 Å². The van der Waals surface area contributed by atoms with Crippen LogP contribution in [0.3, 0.4) is 0 Å². The van der Waals surface area contributed by atoms with Gasteiger partial charge in [-0.1, -0.05) is 30.3 Å². The summed E-state index contributed by atoms with van der Waals surface area (Å²) >= 11 is 0. The molecule has 110 valence electrons. The normalized spacial score (nSPS) is 11.0. The fraction of sp³-hybridized carbons (Fsp3) is 0.0588. The first-order valence-electron chi connectivity index (χ1n) is 6.82. The minimum atomic E-state index is -0.291. The summed E-state index contributed by atoms with van der Waals surface area (Å²) in [4.78, 5) is 14.7. The van der Waals surface area contributed by atoms with Crippen molar-refractivity contribution in [3.8, 4) is 5.75 Å². The van der Waals surface area contributed by atoms with Crippen LogP contribution in [0, 0.1) is 0 Å². The number of carbonyl (C=O) groups is 1. The van der Waals surface area contributed by atoms with Gasteiger partial charge in [0.2, 0.25) is 0 Å². The van der Waals surface area contributed by atoms with Crippen LogP contribution in [0.25, 0.3) is 10.8 Å². The summed E-state index contributed by atoms with van der Waals surface area (Å²) in [5.74, 6) is 0.414. The predicted octanol–water partition coefficient (Wildman–Crippen LogP) is 2.94. The first-order valence-corrected chi connectivity index (χ1v) is 6.82. The molecule has 0 bridgehead atoms. The lowest BCUT2D eigenvalue weighted by atomic mass is 10.0. The van der Waals surface area contributed by atoms with Crippen molar-refractivity contribution in [2.24, 2.45) is 5.10 Å². The molecule has 0 aliphatic rings. The van der Waals surface area contributed by atoms with Crippen LogP contribution < -0.4 is 10.2 Å². The van der Waals surface area contributed by atoms with Crippen LogP contribution in [-0.4, -0.2) is 24.2 Å². The molecule has 2 N–H and O–H groups in total. The molecule has 0 saturated carbocycles. The van der Waals surface area contributed by atoms with Crippen molar-refractivity contribution in [1.29, 1.82) is 0 Å². The highest BCUT2D eigenvalue weighted by Gasteiger charge is 2.07. The summed E-state index contributed by atoms with van der Waals surface area (Å²) in [6.07, 6.45) is 3.29. The highest BCUT2D eigenvalue weighted by molar-refractivity contribution is 6.03. The minimum Gasteiger partial charge on any atom is -0.496 e. The summed E-state index contributed by atoms with van der Waals surface area (Å²) in [5, 5.41) is 6.13. The second-order valence-electron chi connectivity index (χ2n) is 4.69. The number of amides is 1. The molecule has 0 aliphatic heterocycles. The molecule has 1 heterocycles. The molecule has 0 radical (unpaired) electrons. The molecule has 22 heavy (non-hydrogen) atoms. The number of ether oxygens (including phenoxy) is 1. The van der Waals surface area contributed by atoms with Crippen molar-refractivity contribution in [2.45, 2.75) is 0 Å². The molecule has 1 aromatic heterocycles. The lowest BCUT2D eigenvalue weighted by molar-refractivity contribution is 0.0951. The molecular weight excluding hydrogens is 278 g/mol. The average Bonchev–Trinajstić information content (AvgIpc) is 3.09. The smallest absolute Gasteiger partial charge is 0.287 e. The van der Waals surface area contributed by atoms with E-state index in [4.69, 9.17) is 4.74 Å². The van der Waals surface area contributed by atoms with Crippen molar-refractivity contribution in [1.82, 2.24) is 10.4 Å². The average molecular weight is 293 g/mol. The molecule has 2 aromatic carbocycles. The number of aromatic amines is 1. The van der Waals surface area contributed by atoms with Crippen LogP contribution in [0.4, 0.5) is 0 Å². The number of H-pyrrole nitrogens is 1. The van der Waals surface area contributed by atoms with Crippen LogP contribution >= 0.6 is 0 Å². The lowest BCUT2D eigenvalue weighted by Gasteiger charge is -2.08. The van der Waals surface area contributed by atoms with E-state index in [9.17, 15) is 4.79 Å². The van der Waals surface area contributed by atoms with Gasteiger partial charge >= 0.3 is 0 Å². The number of benzene rings is 2. The van der Waals surface area contributed by atoms with Gasteiger partial charge in [0.25, 0.3) is 5.91 Å². The number of nitrogens with zero attached hydrogens (tertiary/aromatic N) is 1. The summed E-state index contributed by atoms with van der Waals surface area (Å²) in [6, 6.07) is 15.3. The van der Waals surface area contributed by atoms with E-state index in [1.54, 1.807) is 31.7 Å². The molecule has 5 nitrogen and oxygen atoms in total. The van der Waals surface area contributed by atoms with Crippen LogP contribution in [0.2, 0.25) is 0 Å². The zero-order valence-electron chi connectivity index (χ0n) is 12.0. The van der Waals surface area contributed by atoms with Gasteiger partial charge in [-0.05, 0) is 29.0 Å². The van der Waals surface area contributed by atoms with Gasteiger partial charge in [0.1, 0.15) is 11.4 Å². The number of methoxy groups -OCH3 is 1. The Morgan fingerprint density at radius 1 is 1.18 bits per heavy atom. The van der Waals surface area contributed by atoms with E-state index < -0.39 is 0 Å². The fourth-order valence-electron chi connectivity index (χ4n) is 2.27. The van der Waals surface area contributed by atoms with E-state index >= 15 is 0 Å². The van der Waals surface area contributed by atoms with Crippen LogP contribution in [0.15, 0.2) is 59.8 Å². The highest BCUT2D eigenvalue weighted by Crippen LogP contribution is 2.26. The van der Waals surface area contributed by atoms with E-state index in [2.05, 4.69) is 15.5 Å². The van der Waals surface area contributed by atoms with E-state index in [1.165, 1.54) is 0 Å². The number of carbonyl (C=O) groups excluding carboxylic acids is 1. The van der Waals surface area contributed by atoms with Crippen molar-refractivity contribution < 1.29 is 9.53 Å². The molecule has 3 aromatic rings. The number of hydrazone groups is 1.